The molecular weight excluding hydrogens is 312 g/mol. The number of rotatable bonds is 7. The third-order valence-corrected chi connectivity index (χ3v) is 3.38. The van der Waals surface area contributed by atoms with E-state index in [1.54, 1.807) is 38.1 Å². The Morgan fingerprint density at radius 2 is 1.96 bits per heavy atom. The van der Waals surface area contributed by atoms with Crippen LogP contribution in [0.2, 0.25) is 0 Å². The predicted octanol–water partition coefficient (Wildman–Crippen LogP) is 0.976. The van der Waals surface area contributed by atoms with Gasteiger partial charge in [0.05, 0.1) is 18.7 Å². The van der Waals surface area contributed by atoms with E-state index >= 15 is 0 Å². The summed E-state index contributed by atoms with van der Waals surface area (Å²) in [6, 6.07) is 8.80. The normalized spacial score (nSPS) is 10.4. The van der Waals surface area contributed by atoms with E-state index in [9.17, 15) is 14.4 Å². The van der Waals surface area contributed by atoms with Gasteiger partial charge in [0.2, 0.25) is 5.82 Å². The average Bonchev–Trinajstić information content (AvgIpc) is 2.98. The summed E-state index contributed by atoms with van der Waals surface area (Å²) in [5.41, 5.74) is 0.0679. The maximum atomic E-state index is 12.5. The van der Waals surface area contributed by atoms with Gasteiger partial charge < -0.3 is 9.64 Å². The highest BCUT2D eigenvalue weighted by Gasteiger charge is 2.20. The summed E-state index contributed by atoms with van der Waals surface area (Å²) in [7, 11) is 0. The molecule has 0 aliphatic rings. The number of benzene rings is 1. The molecule has 0 bridgehead atoms. The van der Waals surface area contributed by atoms with Crippen molar-refractivity contribution >= 4 is 11.9 Å². The Morgan fingerprint density at radius 1 is 1.25 bits per heavy atom. The molecule has 0 saturated heterocycles. The molecule has 1 aromatic heterocycles. The first-order chi connectivity index (χ1) is 11.6. The average molecular weight is 332 g/mol. The third-order valence-electron chi connectivity index (χ3n) is 3.38. The van der Waals surface area contributed by atoms with Gasteiger partial charge in [-0.3, -0.25) is 14.6 Å². The van der Waals surface area contributed by atoms with Crippen molar-refractivity contribution in [1.29, 1.82) is 0 Å². The van der Waals surface area contributed by atoms with Crippen LogP contribution >= 0.6 is 0 Å². The van der Waals surface area contributed by atoms with E-state index in [1.165, 1.54) is 4.90 Å². The maximum absolute atomic E-state index is 12.5. The minimum absolute atomic E-state index is 0.0606. The number of nitrogens with zero attached hydrogens (tertiary/aromatic N) is 3. The van der Waals surface area contributed by atoms with Crippen molar-refractivity contribution in [2.75, 3.05) is 19.7 Å². The maximum Gasteiger partial charge on any atom is 0.348 e. The summed E-state index contributed by atoms with van der Waals surface area (Å²) < 4.78 is 5.98. The minimum atomic E-state index is -0.494. The van der Waals surface area contributed by atoms with Gasteiger partial charge >= 0.3 is 11.7 Å². The van der Waals surface area contributed by atoms with Crippen molar-refractivity contribution < 1.29 is 14.3 Å². The van der Waals surface area contributed by atoms with Gasteiger partial charge in [0.1, 0.15) is 0 Å². The van der Waals surface area contributed by atoms with Gasteiger partial charge in [0.15, 0.2) is 0 Å². The molecule has 2 aromatic rings. The number of amides is 1. The smallest absolute Gasteiger partial charge is 0.348 e. The number of hydrogen-bond donors (Lipinski definition) is 1. The molecule has 24 heavy (non-hydrogen) atoms. The molecule has 2 rings (SSSR count). The van der Waals surface area contributed by atoms with E-state index < -0.39 is 11.6 Å². The Hall–Kier alpha value is -2.90. The molecule has 1 amide bonds. The molecule has 1 aromatic carbocycles. The Morgan fingerprint density at radius 3 is 2.58 bits per heavy atom. The fourth-order valence-corrected chi connectivity index (χ4v) is 2.18. The van der Waals surface area contributed by atoms with Gasteiger partial charge in [-0.25, -0.2) is 4.79 Å². The molecule has 0 fully saturated rings. The van der Waals surface area contributed by atoms with Crippen LogP contribution in [0.5, 0.6) is 0 Å². The zero-order valence-electron chi connectivity index (χ0n) is 13.7. The van der Waals surface area contributed by atoms with Crippen molar-refractivity contribution in [2.45, 2.75) is 20.3 Å². The van der Waals surface area contributed by atoms with Crippen molar-refractivity contribution in [3.8, 4) is 5.69 Å². The molecular formula is C16H20N4O4. The lowest BCUT2D eigenvalue weighted by atomic mass is 10.3. The standard InChI is InChI=1S/C16H20N4O4/c1-3-19(11-10-13(21)24-4-2)15(22)14-17-16(23)20(18-14)12-8-6-5-7-9-12/h5-9H,3-4,10-11H2,1-2H3,(H,17,18,23). The molecule has 1 N–H and O–H groups in total. The number of aromatic amines is 1. The Labute approximate surface area is 139 Å². The number of carbonyl (C=O) groups excluding carboxylic acids is 2. The number of carbonyl (C=O) groups is 2. The van der Waals surface area contributed by atoms with Gasteiger partial charge in [-0.05, 0) is 26.0 Å². The van der Waals surface area contributed by atoms with Crippen LogP contribution in [-0.2, 0) is 9.53 Å². The molecule has 1 heterocycles. The summed E-state index contributed by atoms with van der Waals surface area (Å²) in [5, 5.41) is 4.05. The highest BCUT2D eigenvalue weighted by molar-refractivity contribution is 5.90. The summed E-state index contributed by atoms with van der Waals surface area (Å²) in [6.07, 6.45) is 0.0943. The molecule has 0 unspecified atom stereocenters. The van der Waals surface area contributed by atoms with Gasteiger partial charge in [-0.1, -0.05) is 18.2 Å². The number of ether oxygens (including phenoxy) is 1. The third kappa shape index (κ3) is 4.09. The van der Waals surface area contributed by atoms with E-state index in [0.29, 0.717) is 18.8 Å². The Bertz CT molecular complexity index is 751. The number of nitrogens with one attached hydrogen (secondary N) is 1. The van der Waals surface area contributed by atoms with Gasteiger partial charge in [0, 0.05) is 13.1 Å². The van der Waals surface area contributed by atoms with Crippen molar-refractivity contribution in [3.05, 3.63) is 46.6 Å². The molecule has 0 radical (unpaired) electrons. The van der Waals surface area contributed by atoms with Crippen LogP contribution < -0.4 is 5.69 Å². The second-order valence-electron chi connectivity index (χ2n) is 4.97. The van der Waals surface area contributed by atoms with E-state index in [-0.39, 0.29) is 24.8 Å². The van der Waals surface area contributed by atoms with Crippen molar-refractivity contribution in [2.24, 2.45) is 0 Å². The second kappa shape index (κ2) is 8.09. The molecule has 0 atom stereocenters. The van der Waals surface area contributed by atoms with Crippen LogP contribution in [0, 0.1) is 0 Å². The summed E-state index contributed by atoms with van der Waals surface area (Å²) in [4.78, 5) is 39.8. The molecule has 0 saturated carbocycles. The van der Waals surface area contributed by atoms with E-state index in [1.807, 2.05) is 6.07 Å². The zero-order chi connectivity index (χ0) is 17.5. The number of H-pyrrole nitrogens is 1. The van der Waals surface area contributed by atoms with Crippen LogP contribution in [0.25, 0.3) is 5.69 Å². The predicted molar refractivity (Wildman–Crippen MR) is 87.0 cm³/mol. The van der Waals surface area contributed by atoms with Gasteiger partial charge in [0.25, 0.3) is 5.91 Å². The minimum Gasteiger partial charge on any atom is -0.466 e. The number of aromatic nitrogens is 3. The van der Waals surface area contributed by atoms with Crippen molar-refractivity contribution in [3.63, 3.8) is 0 Å². The number of esters is 1. The fourth-order valence-electron chi connectivity index (χ4n) is 2.18. The van der Waals surface area contributed by atoms with E-state index in [2.05, 4.69) is 10.1 Å². The highest BCUT2D eigenvalue weighted by Crippen LogP contribution is 2.04. The largest absolute Gasteiger partial charge is 0.466 e. The molecule has 8 heteroatoms. The van der Waals surface area contributed by atoms with Crippen LogP contribution in [0.3, 0.4) is 0 Å². The van der Waals surface area contributed by atoms with Crippen LogP contribution in [0.1, 0.15) is 30.9 Å². The fraction of sp³-hybridized carbons (Fsp3) is 0.375. The monoisotopic (exact) mass is 332 g/mol. The van der Waals surface area contributed by atoms with Gasteiger partial charge in [-0.2, -0.15) is 4.68 Å². The van der Waals surface area contributed by atoms with Gasteiger partial charge in [-0.15, -0.1) is 5.10 Å². The first kappa shape index (κ1) is 17.5. The first-order valence-corrected chi connectivity index (χ1v) is 7.76. The van der Waals surface area contributed by atoms with Crippen LogP contribution in [0.15, 0.2) is 35.1 Å². The van der Waals surface area contributed by atoms with E-state index in [4.69, 9.17) is 4.74 Å². The highest BCUT2D eigenvalue weighted by atomic mass is 16.5. The number of para-hydroxylation sites is 1. The Kier molecular flexibility index (Phi) is 5.89. The quantitative estimate of drug-likeness (QED) is 0.762. The summed E-state index contributed by atoms with van der Waals surface area (Å²) >= 11 is 0. The Balaban J connectivity index is 2.14. The lowest BCUT2D eigenvalue weighted by Gasteiger charge is -2.18. The topological polar surface area (TPSA) is 97.3 Å². The summed E-state index contributed by atoms with van der Waals surface area (Å²) in [5.74, 6) is -0.866. The van der Waals surface area contributed by atoms with Crippen LogP contribution in [0.4, 0.5) is 0 Å². The van der Waals surface area contributed by atoms with E-state index in [0.717, 1.165) is 4.68 Å². The SMILES string of the molecule is CCOC(=O)CCN(CC)C(=O)c1nn(-c2ccccc2)c(=O)[nH]1. The summed E-state index contributed by atoms with van der Waals surface area (Å²) in [6.45, 7) is 4.40. The van der Waals surface area contributed by atoms with Crippen molar-refractivity contribution in [1.82, 2.24) is 19.7 Å². The second-order valence-corrected chi connectivity index (χ2v) is 4.97. The molecule has 0 aliphatic carbocycles. The molecule has 8 nitrogen and oxygen atoms in total. The molecule has 0 aliphatic heterocycles. The molecule has 0 spiro atoms. The molecule has 128 valence electrons. The first-order valence-electron chi connectivity index (χ1n) is 7.76. The lowest BCUT2D eigenvalue weighted by molar-refractivity contribution is -0.143. The van der Waals surface area contributed by atoms with Crippen LogP contribution in [-0.4, -0.2) is 51.2 Å². The zero-order valence-corrected chi connectivity index (χ0v) is 13.7. The number of hydrogen-bond acceptors (Lipinski definition) is 5. The lowest BCUT2D eigenvalue weighted by Crippen LogP contribution is -2.34.